The summed E-state index contributed by atoms with van der Waals surface area (Å²) in [5.74, 6) is 2.14. The van der Waals surface area contributed by atoms with Crippen LogP contribution >= 0.6 is 0 Å². The highest BCUT2D eigenvalue weighted by molar-refractivity contribution is 5.33. The van der Waals surface area contributed by atoms with Gasteiger partial charge in [0.15, 0.2) is 0 Å². The van der Waals surface area contributed by atoms with Gasteiger partial charge in [0, 0.05) is 6.07 Å². The summed E-state index contributed by atoms with van der Waals surface area (Å²) in [7, 11) is 1.60. The van der Waals surface area contributed by atoms with Crippen molar-refractivity contribution >= 4 is 0 Å². The van der Waals surface area contributed by atoms with Crippen molar-refractivity contribution in [3.05, 3.63) is 48.8 Å². The van der Waals surface area contributed by atoms with E-state index in [1.54, 1.807) is 25.6 Å². The Kier molecular flexibility index (Phi) is 2.83. The Morgan fingerprint density at radius 1 is 0.933 bits per heavy atom. The molecular weight excluding hydrogens is 190 g/mol. The van der Waals surface area contributed by atoms with E-state index in [1.807, 2.05) is 30.3 Å². The van der Waals surface area contributed by atoms with E-state index in [4.69, 9.17) is 9.47 Å². The van der Waals surface area contributed by atoms with Crippen LogP contribution in [-0.4, -0.2) is 12.1 Å². The van der Waals surface area contributed by atoms with Crippen LogP contribution in [0.3, 0.4) is 0 Å². The van der Waals surface area contributed by atoms with Gasteiger partial charge < -0.3 is 9.47 Å². The zero-order valence-electron chi connectivity index (χ0n) is 8.38. The summed E-state index contributed by atoms with van der Waals surface area (Å²) in [5, 5.41) is 0. The van der Waals surface area contributed by atoms with E-state index >= 15 is 0 Å². The Labute approximate surface area is 88.3 Å². The molecule has 0 saturated carbocycles. The molecule has 0 unspecified atom stereocenters. The van der Waals surface area contributed by atoms with Crippen molar-refractivity contribution in [1.82, 2.24) is 4.98 Å². The molecule has 2 aromatic rings. The standard InChI is InChI=1S/C12H11NO2/c1-14-11-7-12(9-13-8-11)15-10-5-3-2-4-6-10/h2-9H,1H3. The zero-order valence-corrected chi connectivity index (χ0v) is 8.38. The number of nitrogens with zero attached hydrogens (tertiary/aromatic N) is 1. The van der Waals surface area contributed by atoms with Crippen LogP contribution in [-0.2, 0) is 0 Å². The van der Waals surface area contributed by atoms with Crippen molar-refractivity contribution in [2.75, 3.05) is 7.11 Å². The monoisotopic (exact) mass is 201 g/mol. The molecule has 1 heterocycles. The van der Waals surface area contributed by atoms with Crippen LogP contribution in [0.4, 0.5) is 0 Å². The molecule has 76 valence electrons. The van der Waals surface area contributed by atoms with Crippen molar-refractivity contribution in [2.45, 2.75) is 0 Å². The first-order valence-corrected chi connectivity index (χ1v) is 4.60. The van der Waals surface area contributed by atoms with E-state index in [9.17, 15) is 0 Å². The molecule has 0 aliphatic rings. The van der Waals surface area contributed by atoms with Crippen LogP contribution < -0.4 is 9.47 Å². The molecule has 0 N–H and O–H groups in total. The fourth-order valence-corrected chi connectivity index (χ4v) is 1.19. The second kappa shape index (κ2) is 4.46. The summed E-state index contributed by atoms with van der Waals surface area (Å²) >= 11 is 0. The lowest BCUT2D eigenvalue weighted by molar-refractivity contribution is 0.406. The van der Waals surface area contributed by atoms with Crippen LogP contribution in [0.25, 0.3) is 0 Å². The van der Waals surface area contributed by atoms with Crippen LogP contribution in [0.5, 0.6) is 17.2 Å². The summed E-state index contributed by atoms with van der Waals surface area (Å²) in [4.78, 5) is 4.00. The second-order valence-electron chi connectivity index (χ2n) is 2.98. The molecule has 0 fully saturated rings. The summed E-state index contributed by atoms with van der Waals surface area (Å²) < 4.78 is 10.6. The van der Waals surface area contributed by atoms with Gasteiger partial charge in [0.05, 0.1) is 19.5 Å². The Morgan fingerprint density at radius 3 is 2.40 bits per heavy atom. The fourth-order valence-electron chi connectivity index (χ4n) is 1.19. The number of para-hydroxylation sites is 1. The number of methoxy groups -OCH3 is 1. The normalized spacial score (nSPS) is 9.67. The third kappa shape index (κ3) is 2.47. The van der Waals surface area contributed by atoms with Gasteiger partial charge in [-0.05, 0) is 12.1 Å². The number of aromatic nitrogens is 1. The highest BCUT2D eigenvalue weighted by atomic mass is 16.5. The molecule has 1 aromatic heterocycles. The first kappa shape index (κ1) is 9.52. The van der Waals surface area contributed by atoms with Gasteiger partial charge in [-0.1, -0.05) is 18.2 Å². The minimum Gasteiger partial charge on any atom is -0.495 e. The maximum absolute atomic E-state index is 5.58. The predicted molar refractivity (Wildman–Crippen MR) is 57.3 cm³/mol. The highest BCUT2D eigenvalue weighted by Crippen LogP contribution is 2.23. The molecule has 2 rings (SSSR count). The molecule has 0 atom stereocenters. The van der Waals surface area contributed by atoms with E-state index in [0.717, 1.165) is 5.75 Å². The third-order valence-electron chi connectivity index (χ3n) is 1.90. The molecule has 15 heavy (non-hydrogen) atoms. The van der Waals surface area contributed by atoms with E-state index in [0.29, 0.717) is 11.5 Å². The highest BCUT2D eigenvalue weighted by Gasteiger charge is 1.98. The summed E-state index contributed by atoms with van der Waals surface area (Å²) in [6.45, 7) is 0. The summed E-state index contributed by atoms with van der Waals surface area (Å²) in [6.07, 6.45) is 3.29. The number of pyridine rings is 1. The minimum atomic E-state index is 0.667. The average molecular weight is 201 g/mol. The maximum Gasteiger partial charge on any atom is 0.149 e. The molecular formula is C12H11NO2. The fraction of sp³-hybridized carbons (Fsp3) is 0.0833. The Morgan fingerprint density at radius 2 is 1.67 bits per heavy atom. The minimum absolute atomic E-state index is 0.667. The number of rotatable bonds is 3. The molecule has 0 radical (unpaired) electrons. The molecule has 0 bridgehead atoms. The van der Waals surface area contributed by atoms with E-state index in [2.05, 4.69) is 4.98 Å². The number of hydrogen-bond acceptors (Lipinski definition) is 3. The van der Waals surface area contributed by atoms with E-state index in [1.165, 1.54) is 0 Å². The van der Waals surface area contributed by atoms with Crippen LogP contribution in [0.1, 0.15) is 0 Å². The molecule has 0 saturated heterocycles. The average Bonchev–Trinajstić information content (AvgIpc) is 2.31. The lowest BCUT2D eigenvalue weighted by atomic mass is 10.3. The van der Waals surface area contributed by atoms with Crippen molar-refractivity contribution in [1.29, 1.82) is 0 Å². The van der Waals surface area contributed by atoms with E-state index in [-0.39, 0.29) is 0 Å². The van der Waals surface area contributed by atoms with Crippen molar-refractivity contribution in [3.8, 4) is 17.2 Å². The van der Waals surface area contributed by atoms with Crippen molar-refractivity contribution in [2.24, 2.45) is 0 Å². The maximum atomic E-state index is 5.58. The smallest absolute Gasteiger partial charge is 0.149 e. The van der Waals surface area contributed by atoms with E-state index < -0.39 is 0 Å². The van der Waals surface area contributed by atoms with Gasteiger partial charge in [0.2, 0.25) is 0 Å². The molecule has 0 aliphatic heterocycles. The van der Waals surface area contributed by atoms with Gasteiger partial charge in [0.25, 0.3) is 0 Å². The summed E-state index contributed by atoms with van der Waals surface area (Å²) in [6, 6.07) is 11.3. The van der Waals surface area contributed by atoms with Gasteiger partial charge in [0.1, 0.15) is 17.2 Å². The summed E-state index contributed by atoms with van der Waals surface area (Å²) in [5.41, 5.74) is 0. The number of ether oxygens (including phenoxy) is 2. The SMILES string of the molecule is COc1cncc(Oc2ccccc2)c1. The number of hydrogen-bond donors (Lipinski definition) is 0. The van der Waals surface area contributed by atoms with Gasteiger partial charge in [-0.3, -0.25) is 4.98 Å². The predicted octanol–water partition coefficient (Wildman–Crippen LogP) is 2.88. The van der Waals surface area contributed by atoms with Crippen LogP contribution in [0.2, 0.25) is 0 Å². The van der Waals surface area contributed by atoms with Crippen molar-refractivity contribution in [3.63, 3.8) is 0 Å². The molecule has 1 aromatic carbocycles. The van der Waals surface area contributed by atoms with Gasteiger partial charge in [-0.2, -0.15) is 0 Å². The van der Waals surface area contributed by atoms with Gasteiger partial charge >= 0.3 is 0 Å². The van der Waals surface area contributed by atoms with Crippen LogP contribution in [0, 0.1) is 0 Å². The Hall–Kier alpha value is -2.03. The lowest BCUT2D eigenvalue weighted by Gasteiger charge is -2.05. The molecule has 0 spiro atoms. The first-order chi connectivity index (χ1) is 7.38. The molecule has 0 amide bonds. The lowest BCUT2D eigenvalue weighted by Crippen LogP contribution is -1.87. The molecule has 3 heteroatoms. The largest absolute Gasteiger partial charge is 0.495 e. The third-order valence-corrected chi connectivity index (χ3v) is 1.90. The van der Waals surface area contributed by atoms with Crippen molar-refractivity contribution < 1.29 is 9.47 Å². The second-order valence-corrected chi connectivity index (χ2v) is 2.98. The quantitative estimate of drug-likeness (QED) is 0.765. The molecule has 3 nitrogen and oxygen atoms in total. The van der Waals surface area contributed by atoms with Gasteiger partial charge in [-0.15, -0.1) is 0 Å². The van der Waals surface area contributed by atoms with Crippen LogP contribution in [0.15, 0.2) is 48.8 Å². The Bertz CT molecular complexity index is 429. The van der Waals surface area contributed by atoms with Gasteiger partial charge in [-0.25, -0.2) is 0 Å². The first-order valence-electron chi connectivity index (χ1n) is 4.60. The topological polar surface area (TPSA) is 31.4 Å². The molecule has 0 aliphatic carbocycles. The number of benzene rings is 1. The zero-order chi connectivity index (χ0) is 10.5. The Balaban J connectivity index is 2.17.